The highest BCUT2D eigenvalue weighted by Crippen LogP contribution is 2.26. The topological polar surface area (TPSA) is 12.0 Å². The van der Waals surface area contributed by atoms with E-state index >= 15 is 0 Å². The van der Waals surface area contributed by atoms with Gasteiger partial charge in [0.2, 0.25) is 0 Å². The molecule has 4 heteroatoms. The van der Waals surface area contributed by atoms with Crippen molar-refractivity contribution in [3.8, 4) is 0 Å². The maximum atomic E-state index is 13.0. The molecule has 0 heterocycles. The Kier molecular flexibility index (Phi) is 5.09. The molecule has 0 amide bonds. The third kappa shape index (κ3) is 3.65. The molecule has 0 saturated carbocycles. The summed E-state index contributed by atoms with van der Waals surface area (Å²) in [4.78, 5) is 0. The van der Waals surface area contributed by atoms with Gasteiger partial charge in [-0.25, -0.2) is 4.39 Å². The molecule has 1 N–H and O–H groups in total. The molecule has 0 atom stereocenters. The number of thiol groups is 1. The van der Waals surface area contributed by atoms with E-state index < -0.39 is 0 Å². The Labute approximate surface area is 107 Å². The van der Waals surface area contributed by atoms with Gasteiger partial charge in [-0.3, -0.25) is 0 Å². The van der Waals surface area contributed by atoms with Crippen LogP contribution in [-0.4, -0.2) is 18.8 Å². The minimum Gasteiger partial charge on any atom is -0.315 e. The summed E-state index contributed by atoms with van der Waals surface area (Å²) < 4.78 is 13.0. The van der Waals surface area contributed by atoms with Crippen LogP contribution in [0.1, 0.15) is 19.4 Å². The monoisotopic (exact) mass is 261 g/mol. The third-order valence-corrected chi connectivity index (χ3v) is 3.07. The van der Waals surface area contributed by atoms with Crippen LogP contribution in [0.15, 0.2) is 18.2 Å². The highest BCUT2D eigenvalue weighted by molar-refractivity contribution is 7.80. The van der Waals surface area contributed by atoms with Crippen LogP contribution in [0.25, 0.3) is 0 Å². The SMILES string of the molecule is CC(C)(CNCCS)c1ccc(F)c(Cl)c1. The molecule has 1 rings (SSSR count). The summed E-state index contributed by atoms with van der Waals surface area (Å²) in [6.07, 6.45) is 0. The van der Waals surface area contributed by atoms with E-state index in [0.29, 0.717) is 0 Å². The summed E-state index contributed by atoms with van der Waals surface area (Å²) in [6, 6.07) is 4.89. The van der Waals surface area contributed by atoms with Gasteiger partial charge in [0.1, 0.15) is 5.82 Å². The van der Waals surface area contributed by atoms with Crippen molar-refractivity contribution in [2.24, 2.45) is 0 Å². The Balaban J connectivity index is 2.76. The van der Waals surface area contributed by atoms with Crippen LogP contribution in [0, 0.1) is 5.82 Å². The molecule has 16 heavy (non-hydrogen) atoms. The van der Waals surface area contributed by atoms with E-state index in [9.17, 15) is 4.39 Å². The molecule has 0 aliphatic heterocycles. The molecule has 1 nitrogen and oxygen atoms in total. The molecule has 1 aromatic carbocycles. The lowest BCUT2D eigenvalue weighted by Gasteiger charge is -2.26. The Morgan fingerprint density at radius 1 is 1.44 bits per heavy atom. The maximum absolute atomic E-state index is 13.0. The minimum atomic E-state index is -0.371. The van der Waals surface area contributed by atoms with Gasteiger partial charge in [-0.2, -0.15) is 12.6 Å². The first-order valence-electron chi connectivity index (χ1n) is 5.24. The van der Waals surface area contributed by atoms with E-state index in [2.05, 4.69) is 31.8 Å². The Hall–Kier alpha value is -0.250. The largest absolute Gasteiger partial charge is 0.315 e. The molecule has 90 valence electrons. The maximum Gasteiger partial charge on any atom is 0.141 e. The lowest BCUT2D eigenvalue weighted by Crippen LogP contribution is -2.34. The van der Waals surface area contributed by atoms with Crippen molar-refractivity contribution in [2.45, 2.75) is 19.3 Å². The molecule has 0 saturated heterocycles. The van der Waals surface area contributed by atoms with Crippen molar-refractivity contribution in [2.75, 3.05) is 18.8 Å². The smallest absolute Gasteiger partial charge is 0.141 e. The molecule has 0 radical (unpaired) electrons. The van der Waals surface area contributed by atoms with Gasteiger partial charge < -0.3 is 5.32 Å². The van der Waals surface area contributed by atoms with E-state index in [-0.39, 0.29) is 16.3 Å². The molecular formula is C12H17ClFNS. The van der Waals surface area contributed by atoms with Gasteiger partial charge in [-0.1, -0.05) is 31.5 Å². The quantitative estimate of drug-likeness (QED) is 0.612. The molecule has 0 fully saturated rings. The van der Waals surface area contributed by atoms with Crippen LogP contribution in [0.4, 0.5) is 4.39 Å². The second kappa shape index (κ2) is 5.89. The molecule has 0 unspecified atom stereocenters. The fourth-order valence-electron chi connectivity index (χ4n) is 1.50. The van der Waals surface area contributed by atoms with Crippen molar-refractivity contribution < 1.29 is 4.39 Å². The Morgan fingerprint density at radius 3 is 2.69 bits per heavy atom. The van der Waals surface area contributed by atoms with Crippen LogP contribution >= 0.6 is 24.2 Å². The van der Waals surface area contributed by atoms with Crippen molar-refractivity contribution in [1.29, 1.82) is 0 Å². The lowest BCUT2D eigenvalue weighted by atomic mass is 9.84. The first-order chi connectivity index (χ1) is 7.47. The second-order valence-electron chi connectivity index (χ2n) is 4.41. The lowest BCUT2D eigenvalue weighted by molar-refractivity contribution is 0.477. The molecule has 0 aliphatic carbocycles. The Morgan fingerprint density at radius 2 is 2.12 bits per heavy atom. The minimum absolute atomic E-state index is 0.0692. The number of nitrogens with one attached hydrogen (secondary N) is 1. The number of benzene rings is 1. The molecule has 0 spiro atoms. The van der Waals surface area contributed by atoms with Gasteiger partial charge in [0.15, 0.2) is 0 Å². The van der Waals surface area contributed by atoms with E-state index in [1.165, 1.54) is 6.07 Å². The van der Waals surface area contributed by atoms with Crippen LogP contribution in [-0.2, 0) is 5.41 Å². The average molecular weight is 262 g/mol. The van der Waals surface area contributed by atoms with Gasteiger partial charge in [0.25, 0.3) is 0 Å². The summed E-state index contributed by atoms with van der Waals surface area (Å²) >= 11 is 9.91. The fourth-order valence-corrected chi connectivity index (χ4v) is 1.84. The van der Waals surface area contributed by atoms with Gasteiger partial charge >= 0.3 is 0 Å². The van der Waals surface area contributed by atoms with Gasteiger partial charge in [-0.05, 0) is 17.7 Å². The van der Waals surface area contributed by atoms with Crippen LogP contribution < -0.4 is 5.32 Å². The normalized spacial score (nSPS) is 11.8. The highest BCUT2D eigenvalue weighted by Gasteiger charge is 2.20. The zero-order valence-corrected chi connectivity index (χ0v) is 11.2. The third-order valence-electron chi connectivity index (χ3n) is 2.56. The first kappa shape index (κ1) is 13.8. The van der Waals surface area contributed by atoms with Crippen molar-refractivity contribution in [1.82, 2.24) is 5.32 Å². The van der Waals surface area contributed by atoms with Crippen LogP contribution in [0.5, 0.6) is 0 Å². The second-order valence-corrected chi connectivity index (χ2v) is 5.27. The number of hydrogen-bond donors (Lipinski definition) is 2. The number of hydrogen-bond acceptors (Lipinski definition) is 2. The van der Waals surface area contributed by atoms with Crippen molar-refractivity contribution >= 4 is 24.2 Å². The number of rotatable bonds is 5. The van der Waals surface area contributed by atoms with E-state index in [1.54, 1.807) is 12.1 Å². The summed E-state index contributed by atoms with van der Waals surface area (Å²) in [7, 11) is 0. The molecule has 0 aromatic heterocycles. The number of halogens is 2. The summed E-state index contributed by atoms with van der Waals surface area (Å²) in [5, 5.41) is 3.48. The predicted octanol–water partition coefficient (Wildman–Crippen LogP) is 3.28. The zero-order valence-electron chi connectivity index (χ0n) is 9.56. The zero-order chi connectivity index (χ0) is 12.2. The van der Waals surface area contributed by atoms with Crippen LogP contribution in [0.2, 0.25) is 5.02 Å². The molecule has 0 bridgehead atoms. The summed E-state index contributed by atoms with van der Waals surface area (Å²) in [5.41, 5.74) is 0.964. The van der Waals surface area contributed by atoms with Gasteiger partial charge in [0.05, 0.1) is 5.02 Å². The predicted molar refractivity (Wildman–Crippen MR) is 71.2 cm³/mol. The van der Waals surface area contributed by atoms with Crippen LogP contribution in [0.3, 0.4) is 0 Å². The van der Waals surface area contributed by atoms with E-state index in [0.717, 1.165) is 24.4 Å². The molecular weight excluding hydrogens is 245 g/mol. The molecule has 1 aromatic rings. The first-order valence-corrected chi connectivity index (χ1v) is 6.25. The summed E-state index contributed by atoms with van der Waals surface area (Å²) in [5.74, 6) is 0.435. The average Bonchev–Trinajstić information content (AvgIpc) is 2.22. The van der Waals surface area contributed by atoms with Gasteiger partial charge in [-0.15, -0.1) is 0 Å². The van der Waals surface area contributed by atoms with Gasteiger partial charge in [0, 0.05) is 24.3 Å². The highest BCUT2D eigenvalue weighted by atomic mass is 35.5. The molecule has 0 aliphatic rings. The summed E-state index contributed by atoms with van der Waals surface area (Å²) in [6.45, 7) is 5.88. The van der Waals surface area contributed by atoms with Crippen molar-refractivity contribution in [3.63, 3.8) is 0 Å². The Bertz CT molecular complexity index is 355. The van der Waals surface area contributed by atoms with E-state index in [1.807, 2.05) is 0 Å². The van der Waals surface area contributed by atoms with E-state index in [4.69, 9.17) is 11.6 Å². The fraction of sp³-hybridized carbons (Fsp3) is 0.500. The standard InChI is InChI=1S/C12H17ClFNS/c1-12(2,8-15-5-6-16)9-3-4-11(14)10(13)7-9/h3-4,7,15-16H,5-6,8H2,1-2H3. The van der Waals surface area contributed by atoms with Crippen molar-refractivity contribution in [3.05, 3.63) is 34.6 Å².